The first-order chi connectivity index (χ1) is 14.4. The Bertz CT molecular complexity index is 1090. The fourth-order valence-electron chi connectivity index (χ4n) is 3.29. The molecule has 2 N–H and O–H groups in total. The van der Waals surface area contributed by atoms with Crippen molar-refractivity contribution in [3.8, 4) is 0 Å². The van der Waals surface area contributed by atoms with Crippen LogP contribution in [0.25, 0.3) is 11.0 Å². The summed E-state index contributed by atoms with van der Waals surface area (Å²) in [6.07, 6.45) is 1.05. The van der Waals surface area contributed by atoms with E-state index in [4.69, 9.17) is 0 Å². The molecule has 2 amide bonds. The van der Waals surface area contributed by atoms with Crippen LogP contribution in [0.15, 0.2) is 53.3 Å². The van der Waals surface area contributed by atoms with Gasteiger partial charge in [0.15, 0.2) is 0 Å². The second kappa shape index (κ2) is 9.43. The smallest absolute Gasteiger partial charge is 0.326 e. The molecule has 0 atom stereocenters. The van der Waals surface area contributed by atoms with Crippen LogP contribution in [0.3, 0.4) is 0 Å². The Morgan fingerprint density at radius 3 is 1.93 bits per heavy atom. The number of fused-ring (bicyclic) bond motifs is 1. The summed E-state index contributed by atoms with van der Waals surface area (Å²) in [5.41, 5.74) is 2.97. The number of hydrogen-bond donors (Lipinski definition) is 2. The molecule has 3 aromatic rings. The lowest BCUT2D eigenvalue weighted by Crippen LogP contribution is -2.26. The lowest BCUT2D eigenvalue weighted by atomic mass is 10.2. The van der Waals surface area contributed by atoms with Gasteiger partial charge in [0, 0.05) is 36.8 Å². The summed E-state index contributed by atoms with van der Waals surface area (Å²) in [4.78, 5) is 36.9. The number of aryl methyl sites for hydroxylation is 2. The molecule has 2 aromatic carbocycles. The summed E-state index contributed by atoms with van der Waals surface area (Å²) in [6.45, 7) is 6.65. The number of rotatable bonds is 8. The molecular weight excluding hydrogens is 380 g/mol. The molecule has 0 unspecified atom stereocenters. The molecule has 7 heteroatoms. The normalized spacial score (nSPS) is 11.1. The molecule has 0 saturated heterocycles. The van der Waals surface area contributed by atoms with Gasteiger partial charge in [-0.2, -0.15) is 0 Å². The number of aromatic nitrogens is 2. The van der Waals surface area contributed by atoms with Crippen LogP contribution in [0.1, 0.15) is 33.6 Å². The van der Waals surface area contributed by atoms with Gasteiger partial charge in [-0.1, -0.05) is 32.9 Å². The summed E-state index contributed by atoms with van der Waals surface area (Å²) < 4.78 is 3.42. The Labute approximate surface area is 175 Å². The summed E-state index contributed by atoms with van der Waals surface area (Å²) >= 11 is 0. The highest BCUT2D eigenvalue weighted by Gasteiger charge is 2.13. The minimum atomic E-state index is -0.173. The van der Waals surface area contributed by atoms with Crippen molar-refractivity contribution in [1.82, 2.24) is 9.13 Å². The van der Waals surface area contributed by atoms with Gasteiger partial charge in [0.1, 0.15) is 0 Å². The Morgan fingerprint density at radius 1 is 0.867 bits per heavy atom. The average Bonchev–Trinajstić information content (AvgIpc) is 2.99. The Balaban J connectivity index is 1.65. The maximum Gasteiger partial charge on any atom is 0.329 e. The SMILES string of the molecule is CCCn1c(=O)n(CCC(=O)Nc2ccc(NC(=O)C(C)C)cc2)c2ccccc21. The fourth-order valence-corrected chi connectivity index (χ4v) is 3.29. The molecule has 0 radical (unpaired) electrons. The maximum atomic E-state index is 12.8. The van der Waals surface area contributed by atoms with E-state index in [0.29, 0.717) is 24.5 Å². The van der Waals surface area contributed by atoms with Crippen LogP contribution < -0.4 is 16.3 Å². The number of carbonyl (C=O) groups is 2. The van der Waals surface area contributed by atoms with Crippen LogP contribution >= 0.6 is 0 Å². The minimum Gasteiger partial charge on any atom is -0.326 e. The van der Waals surface area contributed by atoms with E-state index in [1.54, 1.807) is 33.4 Å². The number of para-hydroxylation sites is 2. The number of hydrogen-bond acceptors (Lipinski definition) is 3. The molecule has 1 heterocycles. The molecular formula is C23H28N4O3. The lowest BCUT2D eigenvalue weighted by molar-refractivity contribution is -0.119. The highest BCUT2D eigenvalue weighted by molar-refractivity contribution is 5.93. The van der Waals surface area contributed by atoms with Crippen molar-refractivity contribution in [2.24, 2.45) is 5.92 Å². The van der Waals surface area contributed by atoms with Crippen molar-refractivity contribution in [2.45, 2.75) is 46.7 Å². The standard InChI is InChI=1S/C23H28N4O3/c1-4-14-26-19-7-5-6-8-20(19)27(23(26)30)15-13-21(28)24-17-9-11-18(12-10-17)25-22(29)16(2)3/h5-12,16H,4,13-15H2,1-3H3,(H,24,28)(H,25,29). The second-order valence-corrected chi connectivity index (χ2v) is 7.59. The largest absolute Gasteiger partial charge is 0.329 e. The third-order valence-electron chi connectivity index (χ3n) is 4.90. The van der Waals surface area contributed by atoms with Gasteiger partial charge in [-0.05, 0) is 42.8 Å². The van der Waals surface area contributed by atoms with Gasteiger partial charge in [-0.25, -0.2) is 4.79 Å². The first-order valence-corrected chi connectivity index (χ1v) is 10.3. The topological polar surface area (TPSA) is 85.1 Å². The van der Waals surface area contributed by atoms with E-state index in [-0.39, 0.29) is 29.8 Å². The second-order valence-electron chi connectivity index (χ2n) is 7.59. The summed E-state index contributed by atoms with van der Waals surface area (Å²) in [7, 11) is 0. The molecule has 1 aromatic heterocycles. The molecule has 0 spiro atoms. The highest BCUT2D eigenvalue weighted by Crippen LogP contribution is 2.16. The molecule has 3 rings (SSSR count). The first kappa shape index (κ1) is 21.4. The van der Waals surface area contributed by atoms with E-state index in [9.17, 15) is 14.4 Å². The van der Waals surface area contributed by atoms with Gasteiger partial charge < -0.3 is 10.6 Å². The van der Waals surface area contributed by atoms with E-state index in [2.05, 4.69) is 10.6 Å². The van der Waals surface area contributed by atoms with Crippen molar-refractivity contribution in [2.75, 3.05) is 10.6 Å². The molecule has 0 aliphatic carbocycles. The van der Waals surface area contributed by atoms with Crippen LogP contribution in [0.5, 0.6) is 0 Å². The van der Waals surface area contributed by atoms with Crippen LogP contribution in [-0.4, -0.2) is 20.9 Å². The molecule has 30 heavy (non-hydrogen) atoms. The van der Waals surface area contributed by atoms with Gasteiger partial charge in [0.05, 0.1) is 11.0 Å². The molecule has 0 aliphatic heterocycles. The lowest BCUT2D eigenvalue weighted by Gasteiger charge is -2.09. The van der Waals surface area contributed by atoms with E-state index < -0.39 is 0 Å². The van der Waals surface area contributed by atoms with E-state index in [1.165, 1.54) is 0 Å². The summed E-state index contributed by atoms with van der Waals surface area (Å²) in [5.74, 6) is -0.330. The monoisotopic (exact) mass is 408 g/mol. The number of anilines is 2. The zero-order chi connectivity index (χ0) is 21.7. The van der Waals surface area contributed by atoms with Gasteiger partial charge in [0.2, 0.25) is 11.8 Å². The summed E-state index contributed by atoms with van der Waals surface area (Å²) in [5, 5.41) is 5.65. The Morgan fingerprint density at radius 2 is 1.40 bits per heavy atom. The minimum absolute atomic E-state index is 0.0561. The van der Waals surface area contributed by atoms with Crippen molar-refractivity contribution >= 4 is 34.2 Å². The van der Waals surface area contributed by atoms with Crippen molar-refractivity contribution < 1.29 is 9.59 Å². The van der Waals surface area contributed by atoms with E-state index in [0.717, 1.165) is 17.5 Å². The molecule has 0 saturated carbocycles. The van der Waals surface area contributed by atoms with Gasteiger partial charge in [-0.15, -0.1) is 0 Å². The third kappa shape index (κ3) is 4.79. The van der Waals surface area contributed by atoms with E-state index >= 15 is 0 Å². The average molecular weight is 409 g/mol. The fraction of sp³-hybridized carbons (Fsp3) is 0.348. The number of amides is 2. The number of nitrogens with zero attached hydrogens (tertiary/aromatic N) is 2. The van der Waals surface area contributed by atoms with Crippen LogP contribution in [-0.2, 0) is 22.7 Å². The van der Waals surface area contributed by atoms with Gasteiger partial charge >= 0.3 is 5.69 Å². The zero-order valence-electron chi connectivity index (χ0n) is 17.6. The predicted octanol–water partition coefficient (Wildman–Crippen LogP) is 3.84. The van der Waals surface area contributed by atoms with Crippen LogP contribution in [0.4, 0.5) is 11.4 Å². The molecule has 7 nitrogen and oxygen atoms in total. The number of benzene rings is 2. The predicted molar refractivity (Wildman–Crippen MR) is 120 cm³/mol. The highest BCUT2D eigenvalue weighted by atomic mass is 16.2. The number of nitrogens with one attached hydrogen (secondary N) is 2. The number of imidazole rings is 1. The molecule has 0 fully saturated rings. The Kier molecular flexibility index (Phi) is 6.72. The van der Waals surface area contributed by atoms with Crippen LogP contribution in [0, 0.1) is 5.92 Å². The van der Waals surface area contributed by atoms with Crippen molar-refractivity contribution in [1.29, 1.82) is 0 Å². The molecule has 0 aliphatic rings. The molecule has 158 valence electrons. The van der Waals surface area contributed by atoms with Crippen LogP contribution in [0.2, 0.25) is 0 Å². The number of carbonyl (C=O) groups excluding carboxylic acids is 2. The maximum absolute atomic E-state index is 12.8. The van der Waals surface area contributed by atoms with Gasteiger partial charge in [0.25, 0.3) is 0 Å². The Hall–Kier alpha value is -3.35. The third-order valence-corrected chi connectivity index (χ3v) is 4.90. The van der Waals surface area contributed by atoms with Crippen molar-refractivity contribution in [3.63, 3.8) is 0 Å². The zero-order valence-corrected chi connectivity index (χ0v) is 17.6. The van der Waals surface area contributed by atoms with Crippen molar-refractivity contribution in [3.05, 3.63) is 59.0 Å². The summed E-state index contributed by atoms with van der Waals surface area (Å²) in [6, 6.07) is 14.6. The molecule has 0 bridgehead atoms. The van der Waals surface area contributed by atoms with Gasteiger partial charge in [-0.3, -0.25) is 18.7 Å². The first-order valence-electron chi connectivity index (χ1n) is 10.3. The quantitative estimate of drug-likeness (QED) is 0.594. The van der Waals surface area contributed by atoms with E-state index in [1.807, 2.05) is 45.0 Å².